The van der Waals surface area contributed by atoms with E-state index in [0.29, 0.717) is 22.8 Å². The van der Waals surface area contributed by atoms with Gasteiger partial charge in [0.1, 0.15) is 17.0 Å². The third-order valence-corrected chi connectivity index (χ3v) is 4.24. The molecule has 2 heterocycles. The summed E-state index contributed by atoms with van der Waals surface area (Å²) in [5.41, 5.74) is 3.75. The minimum atomic E-state index is -0.255. The Bertz CT molecular complexity index is 1110. The van der Waals surface area contributed by atoms with Crippen LogP contribution < -0.4 is 10.1 Å². The molecule has 0 spiro atoms. The summed E-state index contributed by atoms with van der Waals surface area (Å²) >= 11 is 0. The smallest absolute Gasteiger partial charge is 0.254 e. The number of hydrogen-bond donors (Lipinski definition) is 1. The van der Waals surface area contributed by atoms with E-state index in [1.54, 1.807) is 18.0 Å². The van der Waals surface area contributed by atoms with Gasteiger partial charge < -0.3 is 14.5 Å². The van der Waals surface area contributed by atoms with Crippen molar-refractivity contribution in [1.29, 1.82) is 0 Å². The number of ether oxygens (including phenoxy) is 1. The van der Waals surface area contributed by atoms with E-state index in [4.69, 9.17) is 9.15 Å². The molecule has 0 bridgehead atoms. The van der Waals surface area contributed by atoms with Crippen molar-refractivity contribution >= 4 is 17.0 Å². The number of amides is 1. The van der Waals surface area contributed by atoms with Crippen LogP contribution >= 0.6 is 0 Å². The number of methoxy groups -OCH3 is 1. The van der Waals surface area contributed by atoms with Gasteiger partial charge in [-0.15, -0.1) is 0 Å². The lowest BCUT2D eigenvalue weighted by Gasteiger charge is -2.07. The van der Waals surface area contributed by atoms with Crippen molar-refractivity contribution in [2.45, 2.75) is 13.5 Å². The summed E-state index contributed by atoms with van der Waals surface area (Å²) in [7, 11) is 1.60. The molecule has 4 aromatic rings. The number of oxazole rings is 1. The second kappa shape index (κ2) is 6.95. The van der Waals surface area contributed by atoms with Crippen LogP contribution in [0.5, 0.6) is 5.75 Å². The van der Waals surface area contributed by atoms with Crippen LogP contribution in [0.1, 0.15) is 21.8 Å². The van der Waals surface area contributed by atoms with Crippen molar-refractivity contribution in [3.05, 3.63) is 71.9 Å². The van der Waals surface area contributed by atoms with Crippen molar-refractivity contribution in [3.63, 3.8) is 0 Å². The predicted molar refractivity (Wildman–Crippen MR) is 100 cm³/mol. The van der Waals surface area contributed by atoms with Gasteiger partial charge in [0.2, 0.25) is 5.89 Å². The van der Waals surface area contributed by atoms with Crippen LogP contribution in [0.4, 0.5) is 0 Å². The molecule has 0 unspecified atom stereocenters. The molecule has 136 valence electrons. The van der Waals surface area contributed by atoms with Gasteiger partial charge in [-0.2, -0.15) is 5.10 Å². The first-order valence-corrected chi connectivity index (χ1v) is 8.47. The number of hydrogen-bond acceptors (Lipinski definition) is 5. The van der Waals surface area contributed by atoms with E-state index in [0.717, 1.165) is 16.8 Å². The van der Waals surface area contributed by atoms with Crippen LogP contribution in [0, 0.1) is 6.92 Å². The molecule has 1 N–H and O–H groups in total. The van der Waals surface area contributed by atoms with Gasteiger partial charge in [-0.3, -0.25) is 4.79 Å². The first-order chi connectivity index (χ1) is 13.2. The number of carbonyl (C=O) groups is 1. The van der Waals surface area contributed by atoms with Gasteiger partial charge in [0.15, 0.2) is 5.58 Å². The largest absolute Gasteiger partial charge is 0.494 e. The fourth-order valence-corrected chi connectivity index (χ4v) is 2.86. The maximum atomic E-state index is 12.4. The van der Waals surface area contributed by atoms with E-state index in [-0.39, 0.29) is 12.5 Å². The van der Waals surface area contributed by atoms with Gasteiger partial charge in [0.05, 0.1) is 25.4 Å². The van der Waals surface area contributed by atoms with E-state index in [2.05, 4.69) is 15.4 Å². The quantitative estimate of drug-likeness (QED) is 0.589. The highest BCUT2D eigenvalue weighted by molar-refractivity contribution is 5.93. The summed E-state index contributed by atoms with van der Waals surface area (Å²) in [5.74, 6) is 0.884. The SMILES string of the molecule is COc1ccccc1-n1cc(C(=O)NCc2nc3c(C)cccc3o2)cn1. The number of carbonyl (C=O) groups excluding carboxylic acids is 1. The molecule has 2 aromatic heterocycles. The molecule has 7 heteroatoms. The first-order valence-electron chi connectivity index (χ1n) is 8.47. The molecule has 0 aliphatic rings. The van der Waals surface area contributed by atoms with Gasteiger partial charge in [-0.05, 0) is 30.7 Å². The molecule has 0 saturated heterocycles. The van der Waals surface area contributed by atoms with Crippen LogP contribution in [-0.2, 0) is 6.54 Å². The maximum Gasteiger partial charge on any atom is 0.254 e. The molecule has 2 aromatic carbocycles. The molecule has 0 saturated carbocycles. The van der Waals surface area contributed by atoms with Gasteiger partial charge in [-0.25, -0.2) is 9.67 Å². The second-order valence-electron chi connectivity index (χ2n) is 6.06. The molecule has 7 nitrogen and oxygen atoms in total. The second-order valence-corrected chi connectivity index (χ2v) is 6.06. The standard InChI is InChI=1S/C20H18N4O3/c1-13-6-5-9-17-19(13)23-18(27-17)11-21-20(25)14-10-22-24(12-14)15-7-3-4-8-16(15)26-2/h3-10,12H,11H2,1-2H3,(H,21,25). The fourth-order valence-electron chi connectivity index (χ4n) is 2.86. The number of benzene rings is 2. The Morgan fingerprint density at radius 3 is 2.89 bits per heavy atom. The highest BCUT2D eigenvalue weighted by atomic mass is 16.5. The Morgan fingerprint density at radius 2 is 2.07 bits per heavy atom. The first kappa shape index (κ1) is 16.8. The van der Waals surface area contributed by atoms with Crippen LogP contribution in [0.15, 0.2) is 59.3 Å². The lowest BCUT2D eigenvalue weighted by Crippen LogP contribution is -2.22. The van der Waals surface area contributed by atoms with E-state index in [1.807, 2.05) is 49.4 Å². The molecule has 1 amide bonds. The Labute approximate surface area is 155 Å². The molecule has 0 atom stereocenters. The lowest BCUT2D eigenvalue weighted by atomic mass is 10.2. The molecular weight excluding hydrogens is 344 g/mol. The van der Waals surface area contributed by atoms with Crippen molar-refractivity contribution in [2.24, 2.45) is 0 Å². The minimum Gasteiger partial charge on any atom is -0.494 e. The molecule has 0 radical (unpaired) electrons. The zero-order valence-electron chi connectivity index (χ0n) is 15.0. The molecule has 27 heavy (non-hydrogen) atoms. The lowest BCUT2D eigenvalue weighted by molar-refractivity contribution is 0.0947. The molecule has 4 rings (SSSR count). The van der Waals surface area contributed by atoms with Crippen LogP contribution in [0.2, 0.25) is 0 Å². The van der Waals surface area contributed by atoms with Crippen LogP contribution in [0.3, 0.4) is 0 Å². The monoisotopic (exact) mass is 362 g/mol. The van der Waals surface area contributed by atoms with Gasteiger partial charge in [-0.1, -0.05) is 24.3 Å². The van der Waals surface area contributed by atoms with Crippen molar-refractivity contribution in [2.75, 3.05) is 7.11 Å². The number of nitrogens with zero attached hydrogens (tertiary/aromatic N) is 3. The van der Waals surface area contributed by atoms with E-state index in [9.17, 15) is 4.79 Å². The molecule has 0 aliphatic heterocycles. The molecule has 0 aliphatic carbocycles. The van der Waals surface area contributed by atoms with Crippen LogP contribution in [0.25, 0.3) is 16.8 Å². The highest BCUT2D eigenvalue weighted by Gasteiger charge is 2.13. The van der Waals surface area contributed by atoms with Crippen molar-refractivity contribution in [3.8, 4) is 11.4 Å². The van der Waals surface area contributed by atoms with Crippen LogP contribution in [-0.4, -0.2) is 27.8 Å². The summed E-state index contributed by atoms with van der Waals surface area (Å²) in [4.78, 5) is 16.9. The number of para-hydroxylation sites is 3. The Kier molecular flexibility index (Phi) is 4.33. The van der Waals surface area contributed by atoms with E-state index in [1.165, 1.54) is 6.20 Å². The van der Waals surface area contributed by atoms with E-state index < -0.39 is 0 Å². The summed E-state index contributed by atoms with van der Waals surface area (Å²) in [6.45, 7) is 2.17. The average Bonchev–Trinajstić information content (AvgIpc) is 3.34. The van der Waals surface area contributed by atoms with Crippen molar-refractivity contribution < 1.29 is 13.9 Å². The number of aromatic nitrogens is 3. The normalized spacial score (nSPS) is 10.9. The van der Waals surface area contributed by atoms with Gasteiger partial charge >= 0.3 is 0 Å². The third-order valence-electron chi connectivity index (χ3n) is 4.24. The maximum absolute atomic E-state index is 12.4. The molecular formula is C20H18N4O3. The average molecular weight is 362 g/mol. The summed E-state index contributed by atoms with van der Waals surface area (Å²) in [5, 5.41) is 7.06. The molecule has 0 fully saturated rings. The minimum absolute atomic E-state index is 0.201. The Balaban J connectivity index is 1.48. The summed E-state index contributed by atoms with van der Waals surface area (Å²) in [6.07, 6.45) is 3.17. The number of aryl methyl sites for hydroxylation is 1. The Hall–Kier alpha value is -3.61. The Morgan fingerprint density at radius 1 is 1.22 bits per heavy atom. The summed E-state index contributed by atoms with van der Waals surface area (Å²) in [6, 6.07) is 13.2. The number of rotatable bonds is 5. The van der Waals surface area contributed by atoms with Crippen molar-refractivity contribution in [1.82, 2.24) is 20.1 Å². The summed E-state index contributed by atoms with van der Waals surface area (Å²) < 4.78 is 12.6. The highest BCUT2D eigenvalue weighted by Crippen LogP contribution is 2.22. The fraction of sp³-hybridized carbons (Fsp3) is 0.150. The predicted octanol–water partition coefficient (Wildman–Crippen LogP) is 3.26. The van der Waals surface area contributed by atoms with Gasteiger partial charge in [0.25, 0.3) is 5.91 Å². The number of fused-ring (bicyclic) bond motifs is 1. The topological polar surface area (TPSA) is 82.2 Å². The number of nitrogens with one attached hydrogen (secondary N) is 1. The third kappa shape index (κ3) is 3.27. The van der Waals surface area contributed by atoms with Gasteiger partial charge in [0, 0.05) is 6.20 Å². The van der Waals surface area contributed by atoms with E-state index >= 15 is 0 Å². The zero-order valence-corrected chi connectivity index (χ0v) is 15.0. The zero-order chi connectivity index (χ0) is 18.8.